The molecule has 2 aromatic heterocycles. The molecule has 0 saturated carbocycles. The van der Waals surface area contributed by atoms with Gasteiger partial charge in [-0.25, -0.2) is 0 Å². The molecule has 2 aliphatic rings. The number of hydrogen-bond acceptors (Lipinski definition) is 8. The van der Waals surface area contributed by atoms with Crippen LogP contribution in [0, 0.1) is 5.92 Å². The van der Waals surface area contributed by atoms with E-state index in [1.54, 1.807) is 45.6 Å². The van der Waals surface area contributed by atoms with E-state index in [-0.39, 0.29) is 70.7 Å². The number of carbonyl (C=O) groups excluding carboxylic acids is 2. The van der Waals surface area contributed by atoms with Crippen molar-refractivity contribution in [1.82, 2.24) is 19.2 Å². The van der Waals surface area contributed by atoms with Crippen LogP contribution in [0.3, 0.4) is 0 Å². The SMILES string of the molecule is C=CCCC1N(C)C(=O)c2c(OCc3ccccc3)c(=O)ccn2N1C(CC=C)c1cccc(CC(CC=C)C2Nn3ccc(=O)c(OCc4ccccc4)c3C(=O)N2C)c1. The van der Waals surface area contributed by atoms with E-state index in [0.717, 1.165) is 22.3 Å². The van der Waals surface area contributed by atoms with E-state index in [0.29, 0.717) is 32.1 Å². The van der Waals surface area contributed by atoms with Crippen molar-refractivity contribution in [2.45, 2.75) is 63.7 Å². The summed E-state index contributed by atoms with van der Waals surface area (Å²) in [5.41, 5.74) is 6.76. The highest BCUT2D eigenvalue weighted by molar-refractivity contribution is 5.97. The molecule has 2 aliphatic heterocycles. The highest BCUT2D eigenvalue weighted by atomic mass is 16.5. The number of hydrogen-bond donors (Lipinski definition) is 1. The highest BCUT2D eigenvalue weighted by Crippen LogP contribution is 2.35. The maximum Gasteiger partial charge on any atom is 0.277 e. The molecule has 12 heteroatoms. The molecule has 0 aliphatic carbocycles. The van der Waals surface area contributed by atoms with Gasteiger partial charge in [-0.3, -0.25) is 33.5 Å². The number of allylic oxidation sites excluding steroid dienone is 2. The van der Waals surface area contributed by atoms with Crippen molar-refractivity contribution < 1.29 is 19.1 Å². The number of fused-ring (bicyclic) bond motifs is 2. The highest BCUT2D eigenvalue weighted by Gasteiger charge is 2.41. The van der Waals surface area contributed by atoms with Gasteiger partial charge in [-0.05, 0) is 54.4 Å². The van der Waals surface area contributed by atoms with E-state index in [4.69, 9.17) is 9.47 Å². The number of amides is 2. The van der Waals surface area contributed by atoms with Gasteiger partial charge in [-0.2, -0.15) is 0 Å². The number of aromatic nitrogens is 2. The van der Waals surface area contributed by atoms with Crippen molar-refractivity contribution in [3.63, 3.8) is 0 Å². The molecule has 4 heterocycles. The summed E-state index contributed by atoms with van der Waals surface area (Å²) < 4.78 is 15.5. The molecule has 0 spiro atoms. The summed E-state index contributed by atoms with van der Waals surface area (Å²) in [6.45, 7) is 12.4. The third-order valence-electron chi connectivity index (χ3n) is 11.4. The molecule has 0 radical (unpaired) electrons. The van der Waals surface area contributed by atoms with Gasteiger partial charge in [-0.1, -0.05) is 103 Å². The Balaban J connectivity index is 1.21. The van der Waals surface area contributed by atoms with E-state index in [9.17, 15) is 19.2 Å². The lowest BCUT2D eigenvalue weighted by Gasteiger charge is -2.49. The van der Waals surface area contributed by atoms with Crippen molar-refractivity contribution in [1.29, 1.82) is 0 Å². The summed E-state index contributed by atoms with van der Waals surface area (Å²) in [7, 11) is 3.49. The first-order valence-corrected chi connectivity index (χ1v) is 20.5. The van der Waals surface area contributed by atoms with Crippen LogP contribution in [-0.2, 0) is 19.6 Å². The van der Waals surface area contributed by atoms with Crippen LogP contribution in [0.5, 0.6) is 11.5 Å². The number of nitrogens with one attached hydrogen (secondary N) is 1. The Kier molecular flexibility index (Phi) is 13.0. The van der Waals surface area contributed by atoms with E-state index in [2.05, 4.69) is 48.4 Å². The molecule has 61 heavy (non-hydrogen) atoms. The van der Waals surface area contributed by atoms with Crippen molar-refractivity contribution in [2.75, 3.05) is 24.5 Å². The standard InChI is InChI=1S/C49H52N6O6/c1-6-9-25-42-51(4)49(59)44-46(61-33-35-21-14-11-15-22-35)41(57)27-29-54(44)55(42)39(18-8-3)37-24-16-23-36(30-37)31-38(17-7-2)47-50-53-28-26-40(56)45(43(53)48(58)52(47)5)60-32-34-19-12-10-13-20-34/h6-8,10-16,19-24,26-30,38-39,42,47,50H,1-3,9,17-18,25,31-33H2,4-5H3. The number of ether oxygens (including phenoxy) is 2. The second-order valence-corrected chi connectivity index (χ2v) is 15.4. The smallest absolute Gasteiger partial charge is 0.277 e. The molecule has 0 fully saturated rings. The quantitative estimate of drug-likeness (QED) is 0.0924. The summed E-state index contributed by atoms with van der Waals surface area (Å²) in [6, 6.07) is 29.8. The molecule has 4 unspecified atom stereocenters. The van der Waals surface area contributed by atoms with Gasteiger partial charge in [0.1, 0.15) is 25.5 Å². The zero-order valence-electron chi connectivity index (χ0n) is 34.7. The normalized spacial score (nSPS) is 16.8. The minimum absolute atomic E-state index is 0.00631. The minimum Gasteiger partial charge on any atom is -0.482 e. The molecule has 2 amide bonds. The van der Waals surface area contributed by atoms with Crippen LogP contribution in [-0.4, -0.2) is 57.4 Å². The van der Waals surface area contributed by atoms with Gasteiger partial charge in [0.2, 0.25) is 10.9 Å². The molecule has 0 bridgehead atoms. The zero-order valence-corrected chi connectivity index (χ0v) is 34.7. The van der Waals surface area contributed by atoms with E-state index >= 15 is 0 Å². The topological polar surface area (TPSA) is 118 Å². The lowest BCUT2D eigenvalue weighted by Crippen LogP contribution is -2.61. The molecule has 7 rings (SSSR count). The zero-order chi connectivity index (χ0) is 43.0. The Hall–Kier alpha value is -7.08. The van der Waals surface area contributed by atoms with Crippen LogP contribution in [0.15, 0.2) is 157 Å². The van der Waals surface area contributed by atoms with Gasteiger partial charge >= 0.3 is 0 Å². The average Bonchev–Trinajstić information content (AvgIpc) is 3.27. The summed E-state index contributed by atoms with van der Waals surface area (Å²) in [5.74, 6) is -0.795. The number of benzene rings is 3. The second-order valence-electron chi connectivity index (χ2n) is 15.4. The second kappa shape index (κ2) is 18.9. The maximum absolute atomic E-state index is 14.2. The van der Waals surface area contributed by atoms with Crippen LogP contribution < -0.4 is 30.8 Å². The van der Waals surface area contributed by atoms with E-state index in [1.165, 1.54) is 12.1 Å². The summed E-state index contributed by atoms with van der Waals surface area (Å²) >= 11 is 0. The van der Waals surface area contributed by atoms with Crippen LogP contribution in [0.4, 0.5) is 0 Å². The van der Waals surface area contributed by atoms with Crippen molar-refractivity contribution in [3.05, 3.63) is 202 Å². The molecule has 314 valence electrons. The van der Waals surface area contributed by atoms with Crippen LogP contribution in [0.1, 0.15) is 75.0 Å². The number of carbonyl (C=O) groups is 2. The van der Waals surface area contributed by atoms with Crippen molar-refractivity contribution >= 4 is 11.8 Å². The van der Waals surface area contributed by atoms with Gasteiger partial charge in [0.15, 0.2) is 22.9 Å². The Morgan fingerprint density at radius 3 is 1.89 bits per heavy atom. The predicted octanol–water partition coefficient (Wildman–Crippen LogP) is 7.19. The lowest BCUT2D eigenvalue weighted by molar-refractivity contribution is 0.0595. The molecule has 3 aromatic carbocycles. The van der Waals surface area contributed by atoms with E-state index < -0.39 is 12.3 Å². The van der Waals surface area contributed by atoms with E-state index in [1.807, 2.05) is 85.0 Å². The summed E-state index contributed by atoms with van der Waals surface area (Å²) in [4.78, 5) is 58.1. The van der Waals surface area contributed by atoms with Gasteiger partial charge in [0.25, 0.3) is 11.8 Å². The molecule has 1 N–H and O–H groups in total. The summed E-state index contributed by atoms with van der Waals surface area (Å²) in [6.07, 6.45) is 10.8. The Morgan fingerprint density at radius 1 is 0.672 bits per heavy atom. The van der Waals surface area contributed by atoms with Gasteiger partial charge in [0, 0.05) is 44.5 Å². The summed E-state index contributed by atoms with van der Waals surface area (Å²) in [5, 5.41) is 2.14. The van der Waals surface area contributed by atoms with Gasteiger partial charge in [0.05, 0.1) is 6.04 Å². The number of rotatable bonds is 18. The first-order chi connectivity index (χ1) is 29.6. The third-order valence-corrected chi connectivity index (χ3v) is 11.4. The Morgan fingerprint density at radius 2 is 1.26 bits per heavy atom. The average molecular weight is 821 g/mol. The fourth-order valence-corrected chi connectivity index (χ4v) is 8.30. The van der Waals surface area contributed by atoms with Crippen LogP contribution in [0.2, 0.25) is 0 Å². The van der Waals surface area contributed by atoms with Crippen LogP contribution >= 0.6 is 0 Å². The van der Waals surface area contributed by atoms with Crippen LogP contribution in [0.25, 0.3) is 0 Å². The maximum atomic E-state index is 14.2. The monoisotopic (exact) mass is 820 g/mol. The molecular weight excluding hydrogens is 769 g/mol. The minimum atomic E-state index is -0.460. The fourth-order valence-electron chi connectivity index (χ4n) is 8.30. The predicted molar refractivity (Wildman–Crippen MR) is 238 cm³/mol. The van der Waals surface area contributed by atoms with Gasteiger partial charge in [-0.15, -0.1) is 19.7 Å². The lowest BCUT2D eigenvalue weighted by atomic mass is 9.90. The molecule has 4 atom stereocenters. The third kappa shape index (κ3) is 8.79. The van der Waals surface area contributed by atoms with Gasteiger partial charge < -0.3 is 24.7 Å². The fraction of sp³-hybridized carbons (Fsp3) is 0.265. The number of pyridine rings is 2. The first kappa shape index (κ1) is 42.1. The molecule has 0 saturated heterocycles. The van der Waals surface area contributed by atoms with Crippen molar-refractivity contribution in [3.8, 4) is 11.5 Å². The number of nitrogens with zero attached hydrogens (tertiary/aromatic N) is 5. The van der Waals surface area contributed by atoms with Crippen molar-refractivity contribution in [2.24, 2.45) is 5.92 Å². The largest absolute Gasteiger partial charge is 0.482 e. The Labute approximate surface area is 356 Å². The molecule has 5 aromatic rings. The molecule has 12 nitrogen and oxygen atoms in total. The molecular formula is C49H52N6O6. The first-order valence-electron chi connectivity index (χ1n) is 20.5. The Bertz CT molecular complexity index is 2520.